The van der Waals surface area contributed by atoms with Crippen molar-refractivity contribution in [2.24, 2.45) is 14.1 Å². The zero-order valence-corrected chi connectivity index (χ0v) is 14.2. The van der Waals surface area contributed by atoms with Crippen molar-refractivity contribution >= 4 is 17.2 Å². The Balaban J connectivity index is 1.92. The van der Waals surface area contributed by atoms with Crippen molar-refractivity contribution in [1.82, 2.24) is 9.13 Å². The maximum absolute atomic E-state index is 12.1. The molecule has 2 heterocycles. The smallest absolute Gasteiger partial charge is 0.332 e. The Labute approximate surface area is 144 Å². The number of nitrogens with one attached hydrogen (secondary N) is 1. The Morgan fingerprint density at radius 3 is 2.32 bits per heavy atom. The molecular weight excluding hydrogens is 322 g/mol. The molecule has 0 aliphatic carbocycles. The summed E-state index contributed by atoms with van der Waals surface area (Å²) in [7, 11) is 2.87. The lowest BCUT2D eigenvalue weighted by atomic mass is 10.2. The zero-order valence-electron chi connectivity index (χ0n) is 14.2. The van der Waals surface area contributed by atoms with Gasteiger partial charge in [-0.1, -0.05) is 0 Å². The molecule has 1 aromatic carbocycles. The fourth-order valence-electron chi connectivity index (χ4n) is 2.81. The number of morpholine rings is 1. The molecule has 8 heteroatoms. The van der Waals surface area contributed by atoms with Gasteiger partial charge in [-0.05, 0) is 24.3 Å². The third-order valence-electron chi connectivity index (χ3n) is 4.28. The van der Waals surface area contributed by atoms with Crippen molar-refractivity contribution in [2.75, 3.05) is 36.5 Å². The SMILES string of the molecule is Cn1c(Nc2ccc(N3CCOCC3)cc2)c(C#N)c(=O)n(C)c1=O. The van der Waals surface area contributed by atoms with Crippen LogP contribution >= 0.6 is 0 Å². The van der Waals surface area contributed by atoms with Gasteiger partial charge in [-0.3, -0.25) is 13.9 Å². The highest BCUT2D eigenvalue weighted by molar-refractivity contribution is 5.65. The van der Waals surface area contributed by atoms with Crippen molar-refractivity contribution < 1.29 is 4.74 Å². The number of nitrogens with zero attached hydrogens (tertiary/aromatic N) is 4. The fourth-order valence-corrected chi connectivity index (χ4v) is 2.81. The van der Waals surface area contributed by atoms with E-state index >= 15 is 0 Å². The predicted octanol–water partition coefficient (Wildman–Crippen LogP) is 0.536. The molecule has 0 radical (unpaired) electrons. The summed E-state index contributed by atoms with van der Waals surface area (Å²) < 4.78 is 7.53. The molecule has 1 saturated heterocycles. The van der Waals surface area contributed by atoms with Crippen molar-refractivity contribution in [1.29, 1.82) is 5.26 Å². The van der Waals surface area contributed by atoms with Crippen LogP contribution in [0.15, 0.2) is 33.9 Å². The van der Waals surface area contributed by atoms with Crippen molar-refractivity contribution in [3.63, 3.8) is 0 Å². The molecule has 1 aliphatic heterocycles. The molecule has 25 heavy (non-hydrogen) atoms. The Bertz CT molecular complexity index is 931. The van der Waals surface area contributed by atoms with E-state index in [0.717, 1.165) is 23.3 Å². The van der Waals surface area contributed by atoms with Gasteiger partial charge >= 0.3 is 5.69 Å². The van der Waals surface area contributed by atoms with Gasteiger partial charge in [-0.15, -0.1) is 0 Å². The second kappa shape index (κ2) is 6.83. The summed E-state index contributed by atoms with van der Waals surface area (Å²) >= 11 is 0. The summed E-state index contributed by atoms with van der Waals surface area (Å²) in [6.07, 6.45) is 0. The Hall–Kier alpha value is -3.05. The van der Waals surface area contributed by atoms with E-state index in [1.807, 2.05) is 30.3 Å². The largest absolute Gasteiger partial charge is 0.378 e. The lowest BCUT2D eigenvalue weighted by Gasteiger charge is -2.29. The summed E-state index contributed by atoms with van der Waals surface area (Å²) in [5.74, 6) is 0.190. The second-order valence-corrected chi connectivity index (χ2v) is 5.81. The van der Waals surface area contributed by atoms with Crippen LogP contribution in [0, 0.1) is 11.3 Å². The van der Waals surface area contributed by atoms with E-state index in [9.17, 15) is 14.9 Å². The fraction of sp³-hybridized carbons (Fsp3) is 0.353. The Kier molecular flexibility index (Phi) is 4.59. The molecule has 0 amide bonds. The molecule has 3 rings (SSSR count). The van der Waals surface area contributed by atoms with Crippen LogP contribution in [-0.2, 0) is 18.8 Å². The first-order valence-electron chi connectivity index (χ1n) is 7.93. The van der Waals surface area contributed by atoms with Crippen molar-refractivity contribution in [2.45, 2.75) is 0 Å². The molecule has 0 bridgehead atoms. The summed E-state index contributed by atoms with van der Waals surface area (Å²) in [6, 6.07) is 9.50. The molecule has 1 aliphatic rings. The molecule has 0 atom stereocenters. The number of nitriles is 1. The van der Waals surface area contributed by atoms with Gasteiger partial charge in [0, 0.05) is 38.6 Å². The van der Waals surface area contributed by atoms with Crippen LogP contribution in [-0.4, -0.2) is 35.4 Å². The zero-order chi connectivity index (χ0) is 18.0. The normalized spacial score (nSPS) is 14.2. The molecular formula is C17H19N5O3. The van der Waals surface area contributed by atoms with Gasteiger partial charge in [0.2, 0.25) is 0 Å². The van der Waals surface area contributed by atoms with E-state index in [1.165, 1.54) is 18.7 Å². The number of hydrogen-bond acceptors (Lipinski definition) is 6. The standard InChI is InChI=1S/C17H19N5O3/c1-20-15(14(11-18)16(23)21(2)17(20)24)19-12-3-5-13(6-4-12)22-7-9-25-10-8-22/h3-6,19H,7-10H2,1-2H3. The Morgan fingerprint density at radius 2 is 1.72 bits per heavy atom. The maximum atomic E-state index is 12.1. The summed E-state index contributed by atoms with van der Waals surface area (Å²) in [4.78, 5) is 26.4. The van der Waals surface area contributed by atoms with Crippen LogP contribution < -0.4 is 21.5 Å². The molecule has 8 nitrogen and oxygen atoms in total. The van der Waals surface area contributed by atoms with Crippen LogP contribution in [0.1, 0.15) is 5.56 Å². The third kappa shape index (κ3) is 3.14. The number of anilines is 3. The van der Waals surface area contributed by atoms with Crippen molar-refractivity contribution in [3.8, 4) is 6.07 Å². The van der Waals surface area contributed by atoms with E-state index in [-0.39, 0.29) is 11.4 Å². The first-order chi connectivity index (χ1) is 12.0. The number of aromatic nitrogens is 2. The molecule has 0 unspecified atom stereocenters. The quantitative estimate of drug-likeness (QED) is 0.876. The van der Waals surface area contributed by atoms with Gasteiger partial charge in [-0.2, -0.15) is 5.26 Å². The van der Waals surface area contributed by atoms with E-state index in [0.29, 0.717) is 18.9 Å². The lowest BCUT2D eigenvalue weighted by molar-refractivity contribution is 0.122. The van der Waals surface area contributed by atoms with E-state index in [1.54, 1.807) is 0 Å². The van der Waals surface area contributed by atoms with Gasteiger partial charge in [0.15, 0.2) is 5.56 Å². The minimum atomic E-state index is -0.613. The topological polar surface area (TPSA) is 92.3 Å². The van der Waals surface area contributed by atoms with Crippen molar-refractivity contribution in [3.05, 3.63) is 50.7 Å². The minimum Gasteiger partial charge on any atom is -0.378 e. The minimum absolute atomic E-state index is 0.0955. The number of hydrogen-bond donors (Lipinski definition) is 1. The molecule has 2 aromatic rings. The highest BCUT2D eigenvalue weighted by Gasteiger charge is 2.16. The van der Waals surface area contributed by atoms with Crippen LogP contribution in [0.3, 0.4) is 0 Å². The second-order valence-electron chi connectivity index (χ2n) is 5.81. The molecule has 0 saturated carbocycles. The molecule has 130 valence electrons. The summed E-state index contributed by atoms with van der Waals surface area (Å²) in [6.45, 7) is 3.10. The average Bonchev–Trinajstić information content (AvgIpc) is 2.66. The number of benzene rings is 1. The van der Waals surface area contributed by atoms with E-state index in [2.05, 4.69) is 10.2 Å². The van der Waals surface area contributed by atoms with Gasteiger partial charge < -0.3 is 15.0 Å². The van der Waals surface area contributed by atoms with Crippen LogP contribution in [0.4, 0.5) is 17.2 Å². The highest BCUT2D eigenvalue weighted by Crippen LogP contribution is 2.22. The van der Waals surface area contributed by atoms with Gasteiger partial charge in [0.25, 0.3) is 5.56 Å². The first-order valence-corrected chi connectivity index (χ1v) is 7.93. The van der Waals surface area contributed by atoms with Crippen LogP contribution in [0.5, 0.6) is 0 Å². The molecule has 1 N–H and O–H groups in total. The number of ether oxygens (including phenoxy) is 1. The first kappa shape index (κ1) is 16.8. The molecule has 0 spiro atoms. The monoisotopic (exact) mass is 341 g/mol. The van der Waals surface area contributed by atoms with Crippen LogP contribution in [0.25, 0.3) is 0 Å². The number of rotatable bonds is 3. The highest BCUT2D eigenvalue weighted by atomic mass is 16.5. The maximum Gasteiger partial charge on any atom is 0.332 e. The van der Waals surface area contributed by atoms with Gasteiger partial charge in [0.05, 0.1) is 13.2 Å². The predicted molar refractivity (Wildman–Crippen MR) is 94.4 cm³/mol. The average molecular weight is 341 g/mol. The van der Waals surface area contributed by atoms with Gasteiger partial charge in [-0.25, -0.2) is 4.79 Å². The summed E-state index contributed by atoms with van der Waals surface area (Å²) in [5, 5.41) is 12.3. The molecule has 1 fully saturated rings. The summed E-state index contributed by atoms with van der Waals surface area (Å²) in [5.41, 5.74) is 0.570. The lowest BCUT2D eigenvalue weighted by Crippen LogP contribution is -2.39. The third-order valence-corrected chi connectivity index (χ3v) is 4.28. The van der Waals surface area contributed by atoms with E-state index in [4.69, 9.17) is 4.74 Å². The Morgan fingerprint density at radius 1 is 1.08 bits per heavy atom. The van der Waals surface area contributed by atoms with E-state index < -0.39 is 11.2 Å². The van der Waals surface area contributed by atoms with Crippen LogP contribution in [0.2, 0.25) is 0 Å². The van der Waals surface area contributed by atoms with Gasteiger partial charge in [0.1, 0.15) is 11.9 Å². The molecule has 1 aromatic heterocycles.